The van der Waals surface area contributed by atoms with Gasteiger partial charge in [-0.15, -0.1) is 0 Å². The first kappa shape index (κ1) is 12.6. The number of benzene rings is 1. The Morgan fingerprint density at radius 1 is 1.35 bits per heavy atom. The van der Waals surface area contributed by atoms with Gasteiger partial charge in [-0.25, -0.2) is 0 Å². The molecule has 0 aliphatic heterocycles. The summed E-state index contributed by atoms with van der Waals surface area (Å²) in [5.74, 6) is 1.40. The molecular weight excluding hydrogens is 232 g/mol. The Morgan fingerprint density at radius 3 is 2.76 bits per heavy atom. The summed E-state index contributed by atoms with van der Waals surface area (Å²) in [5, 5.41) is 0.714. The number of rotatable bonds is 4. The zero-order valence-corrected chi connectivity index (χ0v) is 11.0. The number of halogens is 1. The van der Waals surface area contributed by atoms with E-state index in [-0.39, 0.29) is 5.92 Å². The third kappa shape index (κ3) is 3.10. The number of carbonyl (C=O) groups is 1. The molecule has 1 fully saturated rings. The first-order chi connectivity index (χ1) is 8.20. The van der Waals surface area contributed by atoms with Crippen LogP contribution in [0.5, 0.6) is 0 Å². The van der Waals surface area contributed by atoms with Gasteiger partial charge in [0.2, 0.25) is 0 Å². The Bertz CT molecular complexity index is 400. The lowest BCUT2D eigenvalue weighted by Crippen LogP contribution is -2.14. The predicted octanol–water partition coefficient (Wildman–Crippen LogP) is 4.28. The van der Waals surface area contributed by atoms with Crippen LogP contribution in [-0.4, -0.2) is 5.78 Å². The van der Waals surface area contributed by atoms with E-state index >= 15 is 0 Å². The van der Waals surface area contributed by atoms with Crippen molar-refractivity contribution in [1.82, 2.24) is 0 Å². The second-order valence-electron chi connectivity index (χ2n) is 5.02. The minimum Gasteiger partial charge on any atom is -0.299 e. The topological polar surface area (TPSA) is 17.1 Å². The van der Waals surface area contributed by atoms with E-state index in [0.29, 0.717) is 17.2 Å². The lowest BCUT2D eigenvalue weighted by Gasteiger charge is -2.10. The van der Waals surface area contributed by atoms with Crippen molar-refractivity contribution in [2.24, 2.45) is 11.8 Å². The number of carbonyl (C=O) groups excluding carboxylic acids is 1. The molecule has 1 aliphatic carbocycles. The van der Waals surface area contributed by atoms with E-state index in [2.05, 4.69) is 6.92 Å². The fraction of sp³-hybridized carbons (Fsp3) is 0.533. The standard InChI is InChI=1S/C15H19ClO/c1-2-11-7-8-13(9-11)15(17)10-12-5-3-4-6-14(12)16/h3-6,11,13H,2,7-10H2,1H3. The van der Waals surface area contributed by atoms with Crippen LogP contribution in [0.25, 0.3) is 0 Å². The van der Waals surface area contributed by atoms with Gasteiger partial charge in [-0.1, -0.05) is 43.1 Å². The van der Waals surface area contributed by atoms with E-state index in [1.54, 1.807) is 0 Å². The summed E-state index contributed by atoms with van der Waals surface area (Å²) in [7, 11) is 0. The molecule has 1 aliphatic rings. The maximum atomic E-state index is 12.2. The predicted molar refractivity (Wildman–Crippen MR) is 71.3 cm³/mol. The average molecular weight is 251 g/mol. The molecule has 1 aromatic rings. The fourth-order valence-electron chi connectivity index (χ4n) is 2.71. The lowest BCUT2D eigenvalue weighted by atomic mass is 9.95. The van der Waals surface area contributed by atoms with Crippen molar-refractivity contribution in [1.29, 1.82) is 0 Å². The van der Waals surface area contributed by atoms with Crippen LogP contribution in [0.3, 0.4) is 0 Å². The van der Waals surface area contributed by atoms with Crippen LogP contribution in [0.2, 0.25) is 5.02 Å². The van der Waals surface area contributed by atoms with Crippen LogP contribution in [0.1, 0.15) is 38.2 Å². The molecule has 2 heteroatoms. The highest BCUT2D eigenvalue weighted by molar-refractivity contribution is 6.31. The molecule has 0 spiro atoms. The van der Waals surface area contributed by atoms with Gasteiger partial charge in [-0.2, -0.15) is 0 Å². The van der Waals surface area contributed by atoms with E-state index in [1.165, 1.54) is 12.8 Å². The van der Waals surface area contributed by atoms with E-state index in [1.807, 2.05) is 24.3 Å². The molecule has 92 valence electrons. The molecule has 0 saturated heterocycles. The molecule has 0 radical (unpaired) electrons. The third-order valence-corrected chi connectivity index (χ3v) is 4.27. The van der Waals surface area contributed by atoms with E-state index in [4.69, 9.17) is 11.6 Å². The van der Waals surface area contributed by atoms with Gasteiger partial charge in [0.1, 0.15) is 5.78 Å². The van der Waals surface area contributed by atoms with Crippen molar-refractivity contribution < 1.29 is 4.79 Å². The molecule has 1 nitrogen and oxygen atoms in total. The summed E-state index contributed by atoms with van der Waals surface area (Å²) in [5.41, 5.74) is 0.971. The zero-order chi connectivity index (χ0) is 12.3. The molecule has 17 heavy (non-hydrogen) atoms. The second kappa shape index (κ2) is 5.68. The maximum absolute atomic E-state index is 12.2. The molecule has 1 saturated carbocycles. The van der Waals surface area contributed by atoms with Gasteiger partial charge < -0.3 is 0 Å². The van der Waals surface area contributed by atoms with Crippen molar-refractivity contribution >= 4 is 17.4 Å². The zero-order valence-electron chi connectivity index (χ0n) is 10.3. The van der Waals surface area contributed by atoms with E-state index < -0.39 is 0 Å². The lowest BCUT2D eigenvalue weighted by molar-refractivity contribution is -0.122. The van der Waals surface area contributed by atoms with Crippen LogP contribution >= 0.6 is 11.6 Å². The first-order valence-corrected chi connectivity index (χ1v) is 6.84. The third-order valence-electron chi connectivity index (χ3n) is 3.90. The highest BCUT2D eigenvalue weighted by Gasteiger charge is 2.28. The van der Waals surface area contributed by atoms with Crippen LogP contribution in [-0.2, 0) is 11.2 Å². The van der Waals surface area contributed by atoms with Gasteiger partial charge in [-0.3, -0.25) is 4.79 Å². The number of hydrogen-bond acceptors (Lipinski definition) is 1. The Balaban J connectivity index is 1.96. The second-order valence-corrected chi connectivity index (χ2v) is 5.43. The summed E-state index contributed by atoms with van der Waals surface area (Å²) in [6, 6.07) is 7.65. The minimum atomic E-state index is 0.274. The SMILES string of the molecule is CCC1CCC(C(=O)Cc2ccccc2Cl)C1. The van der Waals surface area contributed by atoms with Crippen LogP contribution in [0.15, 0.2) is 24.3 Å². The Kier molecular flexibility index (Phi) is 4.22. The highest BCUT2D eigenvalue weighted by Crippen LogP contribution is 2.34. The summed E-state index contributed by atoms with van der Waals surface area (Å²) in [6.45, 7) is 2.21. The Hall–Kier alpha value is -0.820. The van der Waals surface area contributed by atoms with Crippen molar-refractivity contribution in [3.8, 4) is 0 Å². The molecule has 0 aromatic heterocycles. The monoisotopic (exact) mass is 250 g/mol. The summed E-state index contributed by atoms with van der Waals surface area (Å²) >= 11 is 6.08. The molecule has 2 rings (SSSR count). The van der Waals surface area contributed by atoms with Crippen LogP contribution in [0, 0.1) is 11.8 Å². The number of hydrogen-bond donors (Lipinski definition) is 0. The summed E-state index contributed by atoms with van der Waals surface area (Å²) in [6.07, 6.45) is 5.08. The molecular formula is C15H19ClO. The number of Topliss-reactive ketones (excluding diaryl/α,β-unsaturated/α-hetero) is 1. The largest absolute Gasteiger partial charge is 0.299 e. The molecule has 0 amide bonds. The quantitative estimate of drug-likeness (QED) is 0.780. The number of ketones is 1. The molecule has 1 aromatic carbocycles. The van der Waals surface area contributed by atoms with Crippen molar-refractivity contribution in [2.75, 3.05) is 0 Å². The van der Waals surface area contributed by atoms with Crippen LogP contribution in [0.4, 0.5) is 0 Å². The molecule has 0 N–H and O–H groups in total. The van der Waals surface area contributed by atoms with Crippen molar-refractivity contribution in [3.05, 3.63) is 34.9 Å². The smallest absolute Gasteiger partial charge is 0.140 e. The molecule has 0 heterocycles. The van der Waals surface area contributed by atoms with Gasteiger partial charge >= 0.3 is 0 Å². The van der Waals surface area contributed by atoms with Gasteiger partial charge in [0.25, 0.3) is 0 Å². The van der Waals surface area contributed by atoms with Gasteiger partial charge in [0.15, 0.2) is 0 Å². The van der Waals surface area contributed by atoms with Gasteiger partial charge in [-0.05, 0) is 36.8 Å². The first-order valence-electron chi connectivity index (χ1n) is 6.46. The van der Waals surface area contributed by atoms with Gasteiger partial charge in [0.05, 0.1) is 0 Å². The van der Waals surface area contributed by atoms with Crippen molar-refractivity contribution in [2.45, 2.75) is 39.0 Å². The Labute approximate surface area is 108 Å². The molecule has 0 bridgehead atoms. The maximum Gasteiger partial charge on any atom is 0.140 e. The van der Waals surface area contributed by atoms with Crippen LogP contribution < -0.4 is 0 Å². The normalized spacial score (nSPS) is 23.9. The van der Waals surface area contributed by atoms with Crippen molar-refractivity contribution in [3.63, 3.8) is 0 Å². The minimum absolute atomic E-state index is 0.274. The molecule has 2 unspecified atom stereocenters. The Morgan fingerprint density at radius 2 is 2.12 bits per heavy atom. The van der Waals surface area contributed by atoms with Gasteiger partial charge in [0, 0.05) is 17.4 Å². The van der Waals surface area contributed by atoms with E-state index in [0.717, 1.165) is 24.3 Å². The fourth-order valence-corrected chi connectivity index (χ4v) is 2.91. The summed E-state index contributed by atoms with van der Waals surface area (Å²) in [4.78, 5) is 12.2. The average Bonchev–Trinajstić information content (AvgIpc) is 2.81. The molecule has 2 atom stereocenters. The van der Waals surface area contributed by atoms with E-state index in [9.17, 15) is 4.79 Å². The highest BCUT2D eigenvalue weighted by atomic mass is 35.5. The summed E-state index contributed by atoms with van der Waals surface area (Å²) < 4.78 is 0.